The summed E-state index contributed by atoms with van der Waals surface area (Å²) in [5.74, 6) is 0.536. The molecule has 21 heavy (non-hydrogen) atoms. The minimum atomic E-state index is -0.133. The van der Waals surface area contributed by atoms with E-state index in [9.17, 15) is 4.79 Å². The number of aromatic amines is 1. The number of para-hydroxylation sites is 1. The van der Waals surface area contributed by atoms with Crippen molar-refractivity contribution in [3.63, 3.8) is 0 Å². The molecule has 3 rings (SSSR count). The lowest BCUT2D eigenvalue weighted by atomic mass is 10.1. The van der Waals surface area contributed by atoms with Crippen molar-refractivity contribution in [1.82, 2.24) is 20.5 Å². The lowest BCUT2D eigenvalue weighted by Crippen LogP contribution is -2.23. The Morgan fingerprint density at radius 3 is 2.95 bits per heavy atom. The molecule has 6 nitrogen and oxygen atoms in total. The zero-order chi connectivity index (χ0) is 14.7. The molecule has 0 aliphatic heterocycles. The number of hydrogen-bond donors (Lipinski definition) is 3. The molecule has 0 radical (unpaired) electrons. The molecular formula is C15H15N5O. The molecule has 1 amide bonds. The zero-order valence-corrected chi connectivity index (χ0v) is 11.6. The second kappa shape index (κ2) is 5.62. The molecule has 0 unspecified atom stereocenters. The van der Waals surface area contributed by atoms with E-state index in [1.54, 1.807) is 25.5 Å². The molecule has 0 saturated heterocycles. The number of aromatic nitrogens is 3. The summed E-state index contributed by atoms with van der Waals surface area (Å²) >= 11 is 0. The fourth-order valence-electron chi connectivity index (χ4n) is 2.14. The van der Waals surface area contributed by atoms with Gasteiger partial charge in [-0.2, -0.15) is 5.10 Å². The standard InChI is InChI=1S/C15H15N5O/c1-16-14-6-12(11-4-2-3-5-13(11)20-14)15(21)17-7-10-8-18-19-9-10/h2-6,8-9H,7H2,1H3,(H,16,20)(H,17,21)(H,18,19). The van der Waals surface area contributed by atoms with Crippen molar-refractivity contribution in [3.05, 3.63) is 53.9 Å². The number of carbonyl (C=O) groups excluding carboxylic acids is 1. The van der Waals surface area contributed by atoms with Gasteiger partial charge in [-0.1, -0.05) is 18.2 Å². The third-order valence-electron chi connectivity index (χ3n) is 3.22. The van der Waals surface area contributed by atoms with Crippen molar-refractivity contribution in [1.29, 1.82) is 0 Å². The number of nitrogens with one attached hydrogen (secondary N) is 3. The smallest absolute Gasteiger partial charge is 0.252 e. The van der Waals surface area contributed by atoms with E-state index in [0.717, 1.165) is 16.5 Å². The number of rotatable bonds is 4. The van der Waals surface area contributed by atoms with Crippen LogP contribution in [-0.4, -0.2) is 28.1 Å². The van der Waals surface area contributed by atoms with Gasteiger partial charge < -0.3 is 10.6 Å². The van der Waals surface area contributed by atoms with Gasteiger partial charge in [-0.15, -0.1) is 0 Å². The van der Waals surface area contributed by atoms with Gasteiger partial charge in [-0.25, -0.2) is 4.98 Å². The van der Waals surface area contributed by atoms with E-state index in [4.69, 9.17) is 0 Å². The average Bonchev–Trinajstić information content (AvgIpc) is 3.05. The third-order valence-corrected chi connectivity index (χ3v) is 3.22. The molecule has 0 saturated carbocycles. The summed E-state index contributed by atoms with van der Waals surface area (Å²) in [6, 6.07) is 9.35. The maximum absolute atomic E-state index is 12.4. The van der Waals surface area contributed by atoms with Crippen LogP contribution in [0.25, 0.3) is 10.9 Å². The van der Waals surface area contributed by atoms with Crippen LogP contribution < -0.4 is 10.6 Å². The van der Waals surface area contributed by atoms with Gasteiger partial charge in [0.2, 0.25) is 0 Å². The quantitative estimate of drug-likeness (QED) is 0.682. The summed E-state index contributed by atoms with van der Waals surface area (Å²) in [4.78, 5) is 16.9. The van der Waals surface area contributed by atoms with Gasteiger partial charge in [-0.3, -0.25) is 9.89 Å². The monoisotopic (exact) mass is 281 g/mol. The molecule has 0 bridgehead atoms. The van der Waals surface area contributed by atoms with Crippen molar-refractivity contribution in [2.75, 3.05) is 12.4 Å². The Morgan fingerprint density at radius 1 is 1.33 bits per heavy atom. The fourth-order valence-corrected chi connectivity index (χ4v) is 2.14. The highest BCUT2D eigenvalue weighted by atomic mass is 16.1. The summed E-state index contributed by atoms with van der Waals surface area (Å²) in [6.45, 7) is 0.431. The summed E-state index contributed by atoms with van der Waals surface area (Å²) in [6.07, 6.45) is 3.44. The zero-order valence-electron chi connectivity index (χ0n) is 11.6. The molecule has 3 N–H and O–H groups in total. The van der Waals surface area contributed by atoms with Crippen molar-refractivity contribution >= 4 is 22.6 Å². The molecule has 0 spiro atoms. The number of nitrogens with zero attached hydrogens (tertiary/aromatic N) is 2. The minimum absolute atomic E-state index is 0.133. The molecule has 6 heteroatoms. The number of hydrogen-bond acceptors (Lipinski definition) is 4. The van der Waals surface area contributed by atoms with Crippen LogP contribution in [0.4, 0.5) is 5.82 Å². The van der Waals surface area contributed by atoms with Crippen molar-refractivity contribution in [2.24, 2.45) is 0 Å². The van der Waals surface area contributed by atoms with Crippen LogP contribution >= 0.6 is 0 Å². The number of benzene rings is 1. The molecule has 0 fully saturated rings. The van der Waals surface area contributed by atoms with Gasteiger partial charge in [0.05, 0.1) is 17.3 Å². The Labute approximate surface area is 121 Å². The summed E-state index contributed by atoms with van der Waals surface area (Å²) in [5, 5.41) is 13.3. The van der Waals surface area contributed by atoms with Crippen LogP contribution in [0.15, 0.2) is 42.7 Å². The van der Waals surface area contributed by atoms with Gasteiger partial charge in [0.25, 0.3) is 5.91 Å². The summed E-state index contributed by atoms with van der Waals surface area (Å²) in [7, 11) is 1.78. The van der Waals surface area contributed by atoms with E-state index in [2.05, 4.69) is 25.8 Å². The fraction of sp³-hybridized carbons (Fsp3) is 0.133. The van der Waals surface area contributed by atoms with E-state index in [1.807, 2.05) is 24.3 Å². The highest BCUT2D eigenvalue weighted by Gasteiger charge is 2.12. The van der Waals surface area contributed by atoms with Crippen LogP contribution in [0.5, 0.6) is 0 Å². The molecule has 106 valence electrons. The summed E-state index contributed by atoms with van der Waals surface area (Å²) < 4.78 is 0. The van der Waals surface area contributed by atoms with Gasteiger partial charge in [0.15, 0.2) is 0 Å². The molecule has 0 aliphatic carbocycles. The third kappa shape index (κ3) is 2.69. The number of fused-ring (bicyclic) bond motifs is 1. The topological polar surface area (TPSA) is 82.7 Å². The Bertz CT molecular complexity index is 767. The minimum Gasteiger partial charge on any atom is -0.373 e. The van der Waals surface area contributed by atoms with Crippen LogP contribution in [-0.2, 0) is 6.54 Å². The van der Waals surface area contributed by atoms with Crippen LogP contribution in [0, 0.1) is 0 Å². The van der Waals surface area contributed by atoms with Crippen LogP contribution in [0.2, 0.25) is 0 Å². The molecule has 3 aromatic rings. The highest BCUT2D eigenvalue weighted by molar-refractivity contribution is 6.06. The van der Waals surface area contributed by atoms with Gasteiger partial charge in [-0.05, 0) is 12.1 Å². The van der Waals surface area contributed by atoms with Gasteiger partial charge >= 0.3 is 0 Å². The Hall–Kier alpha value is -2.89. The Kier molecular flexibility index (Phi) is 3.51. The number of anilines is 1. The van der Waals surface area contributed by atoms with E-state index >= 15 is 0 Å². The maximum Gasteiger partial charge on any atom is 0.252 e. The maximum atomic E-state index is 12.4. The van der Waals surface area contributed by atoms with Crippen molar-refractivity contribution in [2.45, 2.75) is 6.54 Å². The van der Waals surface area contributed by atoms with E-state index in [0.29, 0.717) is 17.9 Å². The number of carbonyl (C=O) groups is 1. The highest BCUT2D eigenvalue weighted by Crippen LogP contribution is 2.20. The largest absolute Gasteiger partial charge is 0.373 e. The van der Waals surface area contributed by atoms with Crippen LogP contribution in [0.1, 0.15) is 15.9 Å². The molecular weight excluding hydrogens is 266 g/mol. The average molecular weight is 281 g/mol. The van der Waals surface area contributed by atoms with Crippen molar-refractivity contribution in [3.8, 4) is 0 Å². The second-order valence-electron chi connectivity index (χ2n) is 4.61. The number of H-pyrrole nitrogens is 1. The first-order valence-electron chi connectivity index (χ1n) is 6.61. The van der Waals surface area contributed by atoms with Crippen molar-refractivity contribution < 1.29 is 4.79 Å². The Morgan fingerprint density at radius 2 is 2.19 bits per heavy atom. The second-order valence-corrected chi connectivity index (χ2v) is 4.61. The first-order valence-corrected chi connectivity index (χ1v) is 6.61. The molecule has 0 aliphatic rings. The molecule has 1 aromatic carbocycles. The SMILES string of the molecule is CNc1cc(C(=O)NCc2cn[nH]c2)c2ccccc2n1. The van der Waals surface area contributed by atoms with E-state index in [-0.39, 0.29) is 5.91 Å². The van der Waals surface area contributed by atoms with E-state index in [1.165, 1.54) is 0 Å². The summed E-state index contributed by atoms with van der Waals surface area (Å²) in [5.41, 5.74) is 2.32. The van der Waals surface area contributed by atoms with Crippen LogP contribution in [0.3, 0.4) is 0 Å². The van der Waals surface area contributed by atoms with Gasteiger partial charge in [0, 0.05) is 30.7 Å². The molecule has 2 heterocycles. The predicted molar refractivity (Wildman–Crippen MR) is 81.0 cm³/mol. The number of pyridine rings is 1. The first-order chi connectivity index (χ1) is 10.3. The predicted octanol–water partition coefficient (Wildman–Crippen LogP) is 1.93. The lowest BCUT2D eigenvalue weighted by molar-refractivity contribution is 0.0952. The first kappa shape index (κ1) is 13.1. The lowest BCUT2D eigenvalue weighted by Gasteiger charge is -2.09. The Balaban J connectivity index is 1.92. The molecule has 0 atom stereocenters. The number of amides is 1. The van der Waals surface area contributed by atoms with Gasteiger partial charge in [0.1, 0.15) is 5.82 Å². The van der Waals surface area contributed by atoms with E-state index < -0.39 is 0 Å². The normalized spacial score (nSPS) is 10.5. The molecule has 2 aromatic heterocycles.